The van der Waals surface area contributed by atoms with E-state index in [9.17, 15) is 0 Å². The minimum absolute atomic E-state index is 0.130. The summed E-state index contributed by atoms with van der Waals surface area (Å²) in [5.74, 6) is 0.313. The van der Waals surface area contributed by atoms with Gasteiger partial charge in [-0.05, 0) is 25.1 Å². The summed E-state index contributed by atoms with van der Waals surface area (Å²) in [4.78, 5) is 0. The number of benzene rings is 1. The van der Waals surface area contributed by atoms with E-state index in [1.54, 1.807) is 18.2 Å². The summed E-state index contributed by atoms with van der Waals surface area (Å²) in [6, 6.07) is 5.06. The second-order valence-electron chi connectivity index (χ2n) is 3.05. The molecule has 0 fully saturated rings. The lowest BCUT2D eigenvalue weighted by molar-refractivity contribution is 0.247. The lowest BCUT2D eigenvalue weighted by Crippen LogP contribution is -1.90. The topological polar surface area (TPSA) is 74.2 Å². The van der Waals surface area contributed by atoms with Gasteiger partial charge in [0.15, 0.2) is 0 Å². The Hall–Kier alpha value is -1.75. The van der Waals surface area contributed by atoms with Crippen molar-refractivity contribution in [2.75, 3.05) is 12.3 Å². The predicted molar refractivity (Wildman–Crippen MR) is 60.3 cm³/mol. The zero-order chi connectivity index (χ0) is 11.5. The third kappa shape index (κ3) is 2.09. The van der Waals surface area contributed by atoms with Crippen molar-refractivity contribution < 1.29 is 9.15 Å². The molecule has 0 aliphatic rings. The first-order chi connectivity index (χ1) is 7.70. The first-order valence-corrected chi connectivity index (χ1v) is 5.10. The summed E-state index contributed by atoms with van der Waals surface area (Å²) in [6.07, 6.45) is 0.130. The zero-order valence-corrected chi connectivity index (χ0v) is 9.36. The van der Waals surface area contributed by atoms with E-state index < -0.39 is 0 Å². The highest BCUT2D eigenvalue weighted by Crippen LogP contribution is 2.29. The van der Waals surface area contributed by atoms with Gasteiger partial charge in [0, 0.05) is 5.69 Å². The Bertz CT molecular complexity index is 499. The van der Waals surface area contributed by atoms with Crippen LogP contribution in [0.5, 0.6) is 6.08 Å². The van der Waals surface area contributed by atoms with E-state index in [4.69, 9.17) is 26.5 Å². The molecule has 0 unspecified atom stereocenters. The molecule has 2 rings (SSSR count). The van der Waals surface area contributed by atoms with Gasteiger partial charge in [-0.25, -0.2) is 0 Å². The van der Waals surface area contributed by atoms with Crippen molar-refractivity contribution in [3.8, 4) is 17.5 Å². The van der Waals surface area contributed by atoms with Crippen LogP contribution in [0.3, 0.4) is 0 Å². The maximum absolute atomic E-state index is 6.00. The summed E-state index contributed by atoms with van der Waals surface area (Å²) in [5.41, 5.74) is 6.80. The molecule has 0 saturated heterocycles. The Labute approximate surface area is 97.2 Å². The van der Waals surface area contributed by atoms with Gasteiger partial charge in [0.25, 0.3) is 5.89 Å². The molecule has 6 heteroatoms. The Morgan fingerprint density at radius 3 is 2.94 bits per heavy atom. The zero-order valence-electron chi connectivity index (χ0n) is 8.61. The lowest BCUT2D eigenvalue weighted by Gasteiger charge is -1.99. The normalized spacial score (nSPS) is 10.4. The SMILES string of the molecule is CCOc1nnc(-c2ccc(N)cc2Cl)o1. The van der Waals surface area contributed by atoms with E-state index >= 15 is 0 Å². The third-order valence-electron chi connectivity index (χ3n) is 1.90. The van der Waals surface area contributed by atoms with Crippen molar-refractivity contribution in [2.24, 2.45) is 0 Å². The highest BCUT2D eigenvalue weighted by atomic mass is 35.5. The maximum atomic E-state index is 6.00. The van der Waals surface area contributed by atoms with Crippen molar-refractivity contribution in [3.05, 3.63) is 23.2 Å². The van der Waals surface area contributed by atoms with Gasteiger partial charge in [0.05, 0.1) is 17.2 Å². The van der Waals surface area contributed by atoms with Crippen molar-refractivity contribution in [3.63, 3.8) is 0 Å². The molecular formula is C10H10ClN3O2. The second-order valence-corrected chi connectivity index (χ2v) is 3.45. The van der Waals surface area contributed by atoms with Crippen LogP contribution in [0.2, 0.25) is 5.02 Å². The molecule has 1 aromatic heterocycles. The number of halogens is 1. The molecule has 0 spiro atoms. The van der Waals surface area contributed by atoms with Gasteiger partial charge < -0.3 is 14.9 Å². The highest BCUT2D eigenvalue weighted by Gasteiger charge is 2.12. The van der Waals surface area contributed by atoms with Gasteiger partial charge in [0.1, 0.15) is 0 Å². The molecule has 0 atom stereocenters. The van der Waals surface area contributed by atoms with Gasteiger partial charge in [-0.2, -0.15) is 0 Å². The van der Waals surface area contributed by atoms with Crippen LogP contribution in [-0.2, 0) is 0 Å². The Morgan fingerprint density at radius 2 is 2.25 bits per heavy atom. The summed E-state index contributed by atoms with van der Waals surface area (Å²) in [6.45, 7) is 2.30. The third-order valence-corrected chi connectivity index (χ3v) is 2.21. The van der Waals surface area contributed by atoms with E-state index in [1.807, 2.05) is 6.92 Å². The molecule has 2 aromatic rings. The number of nitrogen functional groups attached to an aromatic ring is 1. The predicted octanol–water partition coefficient (Wildman–Crippen LogP) is 2.37. The minimum Gasteiger partial charge on any atom is -0.449 e. The van der Waals surface area contributed by atoms with E-state index in [1.165, 1.54) is 0 Å². The van der Waals surface area contributed by atoms with Crippen LogP contribution >= 0.6 is 11.6 Å². The van der Waals surface area contributed by atoms with E-state index in [0.717, 1.165) is 0 Å². The fraction of sp³-hybridized carbons (Fsp3) is 0.200. The molecule has 16 heavy (non-hydrogen) atoms. The van der Waals surface area contributed by atoms with Crippen LogP contribution in [0, 0.1) is 0 Å². The molecular weight excluding hydrogens is 230 g/mol. The van der Waals surface area contributed by atoms with Crippen molar-refractivity contribution in [1.82, 2.24) is 10.2 Å². The summed E-state index contributed by atoms with van der Waals surface area (Å²) in [7, 11) is 0. The Balaban J connectivity index is 2.35. The number of aromatic nitrogens is 2. The van der Waals surface area contributed by atoms with Crippen molar-refractivity contribution >= 4 is 17.3 Å². The van der Waals surface area contributed by atoms with Crippen LogP contribution in [-0.4, -0.2) is 16.8 Å². The molecule has 0 amide bonds. The average molecular weight is 240 g/mol. The fourth-order valence-electron chi connectivity index (χ4n) is 1.21. The van der Waals surface area contributed by atoms with Gasteiger partial charge in [-0.15, -0.1) is 5.10 Å². The number of nitrogens with zero attached hydrogens (tertiary/aromatic N) is 2. The summed E-state index contributed by atoms with van der Waals surface area (Å²) >= 11 is 6.00. The van der Waals surface area contributed by atoms with Gasteiger partial charge in [-0.3, -0.25) is 0 Å². The van der Waals surface area contributed by atoms with Crippen LogP contribution in [0.25, 0.3) is 11.5 Å². The molecule has 0 radical (unpaired) electrons. The monoisotopic (exact) mass is 239 g/mol. The molecule has 0 aliphatic carbocycles. The van der Waals surface area contributed by atoms with Gasteiger partial charge >= 0.3 is 6.08 Å². The molecule has 1 heterocycles. The fourth-order valence-corrected chi connectivity index (χ4v) is 1.48. The summed E-state index contributed by atoms with van der Waals surface area (Å²) < 4.78 is 10.3. The van der Waals surface area contributed by atoms with Gasteiger partial charge in [0.2, 0.25) is 0 Å². The quantitative estimate of drug-likeness (QED) is 0.833. The molecule has 0 saturated carbocycles. The molecule has 2 N–H and O–H groups in total. The van der Waals surface area contributed by atoms with E-state index in [-0.39, 0.29) is 6.08 Å². The van der Waals surface area contributed by atoms with Crippen LogP contribution < -0.4 is 10.5 Å². The summed E-state index contributed by atoms with van der Waals surface area (Å²) in [5, 5.41) is 8.01. The van der Waals surface area contributed by atoms with Gasteiger partial charge in [-0.1, -0.05) is 16.7 Å². The first-order valence-electron chi connectivity index (χ1n) is 4.72. The second kappa shape index (κ2) is 4.40. The lowest BCUT2D eigenvalue weighted by atomic mass is 10.2. The number of nitrogens with two attached hydrogens (primary N) is 1. The molecule has 1 aromatic carbocycles. The smallest absolute Gasteiger partial charge is 0.414 e. The average Bonchev–Trinajstić information content (AvgIpc) is 2.67. The number of ether oxygens (including phenoxy) is 1. The number of hydrogen-bond donors (Lipinski definition) is 1. The van der Waals surface area contributed by atoms with Crippen molar-refractivity contribution in [1.29, 1.82) is 0 Å². The van der Waals surface area contributed by atoms with Crippen LogP contribution in [0.4, 0.5) is 5.69 Å². The van der Waals surface area contributed by atoms with Crippen molar-refractivity contribution in [2.45, 2.75) is 6.92 Å². The minimum atomic E-state index is 0.130. The molecule has 0 aliphatic heterocycles. The Morgan fingerprint density at radius 1 is 1.44 bits per heavy atom. The van der Waals surface area contributed by atoms with E-state index in [2.05, 4.69) is 10.2 Å². The number of anilines is 1. The molecule has 84 valence electrons. The van der Waals surface area contributed by atoms with E-state index in [0.29, 0.717) is 28.8 Å². The number of rotatable bonds is 3. The molecule has 5 nitrogen and oxygen atoms in total. The van der Waals surface area contributed by atoms with Crippen LogP contribution in [0.15, 0.2) is 22.6 Å². The molecule has 0 bridgehead atoms. The van der Waals surface area contributed by atoms with Crippen LogP contribution in [0.1, 0.15) is 6.92 Å². The first kappa shape index (κ1) is 10.8. The standard InChI is InChI=1S/C10H10ClN3O2/c1-2-15-10-14-13-9(16-10)7-4-3-6(12)5-8(7)11/h3-5H,2,12H2,1H3. The number of hydrogen-bond acceptors (Lipinski definition) is 5. The maximum Gasteiger partial charge on any atom is 0.414 e. The Kier molecular flexibility index (Phi) is 2.96. The highest BCUT2D eigenvalue weighted by molar-refractivity contribution is 6.33. The largest absolute Gasteiger partial charge is 0.449 e.